The number of rotatable bonds is 7. The van der Waals surface area contributed by atoms with Gasteiger partial charge in [-0.15, -0.1) is 0 Å². The highest BCUT2D eigenvalue weighted by atomic mass is 35.5. The van der Waals surface area contributed by atoms with E-state index in [1.54, 1.807) is 18.2 Å². The van der Waals surface area contributed by atoms with E-state index in [0.29, 0.717) is 0 Å². The molecule has 0 aliphatic heterocycles. The number of methoxy groups -OCH3 is 1. The van der Waals surface area contributed by atoms with Gasteiger partial charge in [0.2, 0.25) is 0 Å². The number of nitrogens with two attached hydrogens (primary N) is 1. The van der Waals surface area contributed by atoms with E-state index in [1.165, 1.54) is 43.7 Å². The maximum atomic E-state index is 13.4. The number of alkyl halides is 3. The monoisotopic (exact) mass is 530 g/mol. The van der Waals surface area contributed by atoms with Gasteiger partial charge in [-0.05, 0) is 30.3 Å². The third-order valence-electron chi connectivity index (χ3n) is 5.14. The van der Waals surface area contributed by atoms with Crippen molar-refractivity contribution in [2.24, 2.45) is 10.8 Å². The molecule has 12 heteroatoms. The van der Waals surface area contributed by atoms with E-state index in [2.05, 4.69) is 10.1 Å². The molecule has 0 fully saturated rings. The van der Waals surface area contributed by atoms with Crippen LogP contribution in [0.5, 0.6) is 11.5 Å². The lowest BCUT2D eigenvalue weighted by Gasteiger charge is -2.14. The zero-order valence-electron chi connectivity index (χ0n) is 19.1. The second-order valence-corrected chi connectivity index (χ2v) is 8.11. The van der Waals surface area contributed by atoms with Crippen LogP contribution in [0.4, 0.5) is 13.2 Å². The zero-order valence-corrected chi connectivity index (χ0v) is 19.9. The number of ether oxygens (including phenoxy) is 2. The van der Waals surface area contributed by atoms with Gasteiger partial charge >= 0.3 is 6.18 Å². The molecule has 0 aliphatic carbocycles. The van der Waals surface area contributed by atoms with Gasteiger partial charge in [-0.1, -0.05) is 35.9 Å². The summed E-state index contributed by atoms with van der Waals surface area (Å²) in [5.74, 6) is -0.643. The molecule has 4 aromatic rings. The van der Waals surface area contributed by atoms with Crippen LogP contribution in [0.3, 0.4) is 0 Å². The first kappa shape index (κ1) is 25.7. The molecule has 2 N–H and O–H groups in total. The fourth-order valence-electron chi connectivity index (χ4n) is 3.51. The highest BCUT2D eigenvalue weighted by molar-refractivity contribution is 6.31. The van der Waals surface area contributed by atoms with Crippen molar-refractivity contribution in [1.29, 1.82) is 0 Å². The van der Waals surface area contributed by atoms with E-state index in [4.69, 9.17) is 26.8 Å². The lowest BCUT2D eigenvalue weighted by molar-refractivity contribution is -0.137. The minimum absolute atomic E-state index is 0.0173. The Morgan fingerprint density at radius 1 is 1.16 bits per heavy atom. The van der Waals surface area contributed by atoms with E-state index >= 15 is 0 Å². The number of halogens is 4. The topological polar surface area (TPSA) is 109 Å². The number of benzene rings is 3. The van der Waals surface area contributed by atoms with Crippen LogP contribution in [0.25, 0.3) is 22.3 Å². The maximum Gasteiger partial charge on any atom is 0.416 e. The van der Waals surface area contributed by atoms with Gasteiger partial charge in [-0.3, -0.25) is 9.59 Å². The van der Waals surface area contributed by atoms with Crippen molar-refractivity contribution in [2.75, 3.05) is 13.7 Å². The van der Waals surface area contributed by atoms with Crippen LogP contribution in [-0.4, -0.2) is 35.5 Å². The molecule has 1 aromatic heterocycles. The first-order valence-electron chi connectivity index (χ1n) is 10.6. The lowest BCUT2D eigenvalue weighted by Crippen LogP contribution is -2.21. The molecular weight excluding hydrogens is 513 g/mol. The highest BCUT2D eigenvalue weighted by Gasteiger charge is 2.31. The Morgan fingerprint density at radius 2 is 1.92 bits per heavy atom. The van der Waals surface area contributed by atoms with Gasteiger partial charge in [0.1, 0.15) is 0 Å². The summed E-state index contributed by atoms with van der Waals surface area (Å²) in [7, 11) is 1.35. The predicted molar refractivity (Wildman–Crippen MR) is 132 cm³/mol. The van der Waals surface area contributed by atoms with Crippen LogP contribution in [-0.2, 0) is 11.0 Å². The van der Waals surface area contributed by atoms with Crippen molar-refractivity contribution in [1.82, 2.24) is 9.66 Å². The molecule has 1 amide bonds. The average molecular weight is 531 g/mol. The molecule has 8 nitrogen and oxygen atoms in total. The number of carbonyl (C=O) groups excluding carboxylic acids is 1. The van der Waals surface area contributed by atoms with Crippen LogP contribution in [0.2, 0.25) is 5.02 Å². The number of aromatic nitrogens is 2. The number of hydrogen-bond donors (Lipinski definition) is 1. The third-order valence-corrected chi connectivity index (χ3v) is 5.36. The van der Waals surface area contributed by atoms with E-state index < -0.39 is 29.8 Å². The lowest BCUT2D eigenvalue weighted by atomic mass is 10.1. The Labute approximate surface area is 212 Å². The summed E-state index contributed by atoms with van der Waals surface area (Å²) < 4.78 is 51.7. The molecule has 0 radical (unpaired) electrons. The highest BCUT2D eigenvalue weighted by Crippen LogP contribution is 2.34. The van der Waals surface area contributed by atoms with Crippen LogP contribution in [0.15, 0.2) is 70.6 Å². The van der Waals surface area contributed by atoms with Crippen molar-refractivity contribution in [2.45, 2.75) is 6.18 Å². The number of primary amides is 1. The molecule has 4 rings (SSSR count). The molecule has 0 bridgehead atoms. The van der Waals surface area contributed by atoms with Gasteiger partial charge in [-0.2, -0.15) is 22.9 Å². The summed E-state index contributed by atoms with van der Waals surface area (Å²) in [6.07, 6.45) is -3.41. The number of amides is 1. The molecule has 37 heavy (non-hydrogen) atoms. The smallest absolute Gasteiger partial charge is 0.416 e. The Kier molecular flexibility index (Phi) is 7.16. The Balaban J connectivity index is 1.93. The molecule has 0 saturated heterocycles. The molecule has 0 unspecified atom stereocenters. The summed E-state index contributed by atoms with van der Waals surface area (Å²) in [6.45, 7) is -0.480. The quantitative estimate of drug-likeness (QED) is 0.354. The number of fused-ring (bicyclic) bond motifs is 1. The molecule has 3 aromatic carbocycles. The fraction of sp³-hybridized carbons (Fsp3) is 0.120. The molecule has 190 valence electrons. The third kappa shape index (κ3) is 5.56. The number of hydrogen-bond acceptors (Lipinski definition) is 6. The van der Waals surface area contributed by atoms with Gasteiger partial charge < -0.3 is 15.2 Å². The van der Waals surface area contributed by atoms with Crippen molar-refractivity contribution >= 4 is 34.6 Å². The van der Waals surface area contributed by atoms with Crippen LogP contribution < -0.4 is 20.8 Å². The van der Waals surface area contributed by atoms with Crippen molar-refractivity contribution < 1.29 is 27.4 Å². The molecular formula is C25H18ClF3N4O4. The standard InChI is InChI=1S/C25H18ClF3N4O4/c1-36-20-11-17(26)10-15(22(20)37-13-21(30)34)12-31-33-23(14-5-4-6-16(9-14)25(27,28)29)32-19-8-3-2-7-18(19)24(33)35/h2-12H,13H2,1H3,(H2,30,34). The molecule has 0 atom stereocenters. The SMILES string of the molecule is COc1cc(Cl)cc(C=Nn2c(-c3cccc(C(F)(F)F)c3)nc3ccccc3c2=O)c1OCC(N)=O. The minimum atomic E-state index is -4.61. The van der Waals surface area contributed by atoms with Crippen LogP contribution in [0.1, 0.15) is 11.1 Å². The molecule has 0 aliphatic rings. The fourth-order valence-corrected chi connectivity index (χ4v) is 3.72. The second-order valence-electron chi connectivity index (χ2n) is 7.67. The minimum Gasteiger partial charge on any atom is -0.493 e. The predicted octanol–water partition coefficient (Wildman–Crippen LogP) is 4.49. The summed E-state index contributed by atoms with van der Waals surface area (Å²) in [4.78, 5) is 29.0. The molecule has 0 saturated carbocycles. The first-order chi connectivity index (χ1) is 17.6. The van der Waals surface area contributed by atoms with E-state index in [9.17, 15) is 22.8 Å². The number of para-hydroxylation sites is 1. The van der Waals surface area contributed by atoms with Gasteiger partial charge in [0, 0.05) is 22.2 Å². The summed E-state index contributed by atoms with van der Waals surface area (Å²) in [5.41, 5.74) is 4.15. The van der Waals surface area contributed by atoms with Crippen LogP contribution >= 0.6 is 11.6 Å². The van der Waals surface area contributed by atoms with Gasteiger partial charge in [-0.25, -0.2) is 4.98 Å². The summed E-state index contributed by atoms with van der Waals surface area (Å²) >= 11 is 6.17. The average Bonchev–Trinajstić information content (AvgIpc) is 2.86. The van der Waals surface area contributed by atoms with Crippen molar-refractivity contribution in [3.8, 4) is 22.9 Å². The van der Waals surface area contributed by atoms with Crippen molar-refractivity contribution in [3.05, 3.63) is 87.2 Å². The summed E-state index contributed by atoms with van der Waals surface area (Å²) in [6, 6.07) is 13.6. The Morgan fingerprint density at radius 3 is 2.62 bits per heavy atom. The zero-order chi connectivity index (χ0) is 26.7. The van der Waals surface area contributed by atoms with Crippen molar-refractivity contribution in [3.63, 3.8) is 0 Å². The largest absolute Gasteiger partial charge is 0.493 e. The molecule has 1 heterocycles. The van der Waals surface area contributed by atoms with E-state index in [1.807, 2.05) is 0 Å². The van der Waals surface area contributed by atoms with E-state index in [0.717, 1.165) is 16.8 Å². The second kappa shape index (κ2) is 10.3. The van der Waals surface area contributed by atoms with E-state index in [-0.39, 0.29) is 44.4 Å². The van der Waals surface area contributed by atoms with Gasteiger partial charge in [0.05, 0.1) is 29.8 Å². The summed E-state index contributed by atoms with van der Waals surface area (Å²) in [5, 5.41) is 4.65. The Bertz CT molecular complexity index is 1580. The normalized spacial score (nSPS) is 11.7. The number of carbonyl (C=O) groups is 1. The van der Waals surface area contributed by atoms with Gasteiger partial charge in [0.15, 0.2) is 23.9 Å². The first-order valence-corrected chi connectivity index (χ1v) is 11.0. The maximum absolute atomic E-state index is 13.4. The number of nitrogens with zero attached hydrogens (tertiary/aromatic N) is 3. The van der Waals surface area contributed by atoms with Crippen LogP contribution in [0, 0.1) is 0 Å². The molecule has 0 spiro atoms. The van der Waals surface area contributed by atoms with Gasteiger partial charge in [0.25, 0.3) is 11.5 Å². The Hall–Kier alpha value is -4.38.